The molecule has 0 spiro atoms. The third kappa shape index (κ3) is 13.2. The van der Waals surface area contributed by atoms with Crippen LogP contribution < -0.4 is 10.6 Å². The second kappa shape index (κ2) is 15.8. The van der Waals surface area contributed by atoms with Crippen molar-refractivity contribution >= 4 is 11.8 Å². The van der Waals surface area contributed by atoms with Crippen LogP contribution in [0.4, 0.5) is 0 Å². The fourth-order valence-corrected chi connectivity index (χ4v) is 2.31. The molecule has 172 valence electrons. The van der Waals surface area contributed by atoms with Gasteiger partial charge in [0.1, 0.15) is 5.69 Å². The monoisotopic (exact) mass is 427 g/mol. The third-order valence-electron chi connectivity index (χ3n) is 3.93. The average Bonchev–Trinajstić information content (AvgIpc) is 3.14. The molecular weight excluding hydrogens is 390 g/mol. The predicted octanol–water partition coefficient (Wildman–Crippen LogP) is 0.762. The Morgan fingerprint density at radius 1 is 0.967 bits per heavy atom. The summed E-state index contributed by atoms with van der Waals surface area (Å²) in [5, 5.41) is 13.7. The summed E-state index contributed by atoms with van der Waals surface area (Å²) >= 11 is 0. The topological polar surface area (TPSA) is 117 Å². The number of hydrogen-bond acceptors (Lipinski definition) is 7. The maximum absolute atomic E-state index is 11.6. The van der Waals surface area contributed by atoms with Gasteiger partial charge in [0.15, 0.2) is 0 Å². The highest BCUT2D eigenvalue weighted by atomic mass is 16.5. The van der Waals surface area contributed by atoms with E-state index in [2.05, 4.69) is 20.9 Å². The second-order valence-corrected chi connectivity index (χ2v) is 7.63. The van der Waals surface area contributed by atoms with Crippen LogP contribution in [0, 0.1) is 11.8 Å². The van der Waals surface area contributed by atoms with Crippen molar-refractivity contribution in [3.8, 4) is 0 Å². The number of carbonyl (C=O) groups is 2. The van der Waals surface area contributed by atoms with Crippen LogP contribution in [0.2, 0.25) is 0 Å². The molecule has 1 aromatic rings. The van der Waals surface area contributed by atoms with Gasteiger partial charge in [-0.1, -0.05) is 32.9 Å². The number of ether oxygens (including phenoxy) is 3. The van der Waals surface area contributed by atoms with E-state index >= 15 is 0 Å². The Morgan fingerprint density at radius 2 is 1.60 bits per heavy atom. The summed E-state index contributed by atoms with van der Waals surface area (Å²) in [6.45, 7) is 12.1. The van der Waals surface area contributed by atoms with Crippen molar-refractivity contribution in [2.75, 3.05) is 46.2 Å². The molecule has 1 heterocycles. The Bertz CT molecular complexity index is 606. The van der Waals surface area contributed by atoms with Gasteiger partial charge in [0, 0.05) is 18.9 Å². The minimum absolute atomic E-state index is 0.0119. The van der Waals surface area contributed by atoms with Gasteiger partial charge in [0.2, 0.25) is 11.8 Å². The molecule has 10 nitrogen and oxygen atoms in total. The highest BCUT2D eigenvalue weighted by Gasteiger charge is 2.07. The first-order chi connectivity index (χ1) is 14.4. The van der Waals surface area contributed by atoms with Crippen LogP contribution in [0.25, 0.3) is 0 Å². The van der Waals surface area contributed by atoms with Crippen molar-refractivity contribution in [2.45, 2.75) is 47.2 Å². The lowest BCUT2D eigenvalue weighted by Gasteiger charge is -2.09. The Balaban J connectivity index is 1.93. The lowest BCUT2D eigenvalue weighted by atomic mass is 10.1. The van der Waals surface area contributed by atoms with Crippen molar-refractivity contribution < 1.29 is 23.8 Å². The summed E-state index contributed by atoms with van der Waals surface area (Å²) in [7, 11) is 0. The highest BCUT2D eigenvalue weighted by Crippen LogP contribution is 1.99. The van der Waals surface area contributed by atoms with E-state index in [0.717, 1.165) is 5.69 Å². The van der Waals surface area contributed by atoms with Gasteiger partial charge in [0.05, 0.1) is 58.9 Å². The highest BCUT2D eigenvalue weighted by molar-refractivity contribution is 5.77. The van der Waals surface area contributed by atoms with E-state index in [0.29, 0.717) is 71.6 Å². The summed E-state index contributed by atoms with van der Waals surface area (Å²) in [5.74, 6) is 0.369. The first-order valence-electron chi connectivity index (χ1n) is 10.5. The molecular formula is C20H37N5O5. The molecule has 0 aliphatic rings. The normalized spacial score (nSPS) is 11.3. The number of amides is 2. The van der Waals surface area contributed by atoms with E-state index in [-0.39, 0.29) is 17.7 Å². The molecule has 0 saturated heterocycles. The fourth-order valence-electron chi connectivity index (χ4n) is 2.31. The number of nitrogens with zero attached hydrogens (tertiary/aromatic N) is 3. The van der Waals surface area contributed by atoms with Crippen molar-refractivity contribution in [1.29, 1.82) is 0 Å². The Hall–Kier alpha value is -2.04. The minimum atomic E-state index is -0.0119. The molecule has 1 aromatic heterocycles. The molecule has 2 N–H and O–H groups in total. The van der Waals surface area contributed by atoms with Crippen LogP contribution in [-0.2, 0) is 36.9 Å². The van der Waals surface area contributed by atoms with Crippen LogP contribution >= 0.6 is 0 Å². The van der Waals surface area contributed by atoms with Crippen LogP contribution in [0.3, 0.4) is 0 Å². The van der Waals surface area contributed by atoms with E-state index in [1.165, 1.54) is 0 Å². The van der Waals surface area contributed by atoms with Gasteiger partial charge in [-0.2, -0.15) is 0 Å². The quantitative estimate of drug-likeness (QED) is 0.353. The Kier molecular flexibility index (Phi) is 13.7. The largest absolute Gasteiger partial charge is 0.377 e. The smallest absolute Gasteiger partial charge is 0.222 e. The number of rotatable bonds is 17. The molecule has 0 aliphatic carbocycles. The summed E-state index contributed by atoms with van der Waals surface area (Å²) in [6.07, 6.45) is 2.31. The maximum atomic E-state index is 11.6. The zero-order chi connectivity index (χ0) is 22.2. The predicted molar refractivity (Wildman–Crippen MR) is 112 cm³/mol. The Labute approximate surface area is 179 Å². The molecule has 0 fully saturated rings. The van der Waals surface area contributed by atoms with Gasteiger partial charge >= 0.3 is 0 Å². The molecule has 0 bridgehead atoms. The van der Waals surface area contributed by atoms with Gasteiger partial charge in [-0.05, 0) is 5.92 Å². The summed E-state index contributed by atoms with van der Waals surface area (Å²) < 4.78 is 18.0. The summed E-state index contributed by atoms with van der Waals surface area (Å²) in [5.41, 5.74) is 0.721. The maximum Gasteiger partial charge on any atom is 0.222 e. The summed E-state index contributed by atoms with van der Waals surface area (Å²) in [4.78, 5) is 23.0. The van der Waals surface area contributed by atoms with Gasteiger partial charge in [-0.25, -0.2) is 4.68 Å². The average molecular weight is 428 g/mol. The van der Waals surface area contributed by atoms with Crippen molar-refractivity contribution in [3.63, 3.8) is 0 Å². The van der Waals surface area contributed by atoms with Crippen molar-refractivity contribution in [1.82, 2.24) is 25.6 Å². The van der Waals surface area contributed by atoms with E-state index < -0.39 is 0 Å². The summed E-state index contributed by atoms with van der Waals surface area (Å²) in [6, 6.07) is 0. The molecule has 0 unspecified atom stereocenters. The molecule has 2 amide bonds. The molecule has 0 atom stereocenters. The third-order valence-corrected chi connectivity index (χ3v) is 3.93. The minimum Gasteiger partial charge on any atom is -0.377 e. The van der Waals surface area contributed by atoms with Gasteiger partial charge in [-0.15, -0.1) is 5.10 Å². The molecule has 10 heteroatoms. The van der Waals surface area contributed by atoms with Gasteiger partial charge in [0.25, 0.3) is 0 Å². The van der Waals surface area contributed by atoms with Crippen molar-refractivity contribution in [3.05, 3.63) is 11.9 Å². The zero-order valence-electron chi connectivity index (χ0n) is 18.7. The lowest BCUT2D eigenvalue weighted by Crippen LogP contribution is -2.31. The molecule has 30 heavy (non-hydrogen) atoms. The first-order valence-corrected chi connectivity index (χ1v) is 10.5. The van der Waals surface area contributed by atoms with Crippen LogP contribution in [-0.4, -0.2) is 73.0 Å². The number of nitrogens with one attached hydrogen (secondary N) is 2. The van der Waals surface area contributed by atoms with E-state index in [4.69, 9.17) is 14.2 Å². The molecule has 1 rings (SSSR count). The standard InChI is InChI=1S/C20H37N5O5/c1-16(2)13-19(26)22-14-18-15-25(24-23-18)6-8-29-10-12-30-11-9-28-7-5-21-20(27)17(3)4/h15-17H,5-14H2,1-4H3,(H,21,27)(H,22,26). The second-order valence-electron chi connectivity index (χ2n) is 7.63. The van der Waals surface area contributed by atoms with Gasteiger partial charge < -0.3 is 24.8 Å². The zero-order valence-corrected chi connectivity index (χ0v) is 18.7. The first kappa shape index (κ1) is 26.0. The molecule has 0 radical (unpaired) electrons. The number of hydrogen-bond donors (Lipinski definition) is 2. The van der Waals surface area contributed by atoms with E-state index in [9.17, 15) is 9.59 Å². The number of carbonyl (C=O) groups excluding carboxylic acids is 2. The number of aromatic nitrogens is 3. The van der Waals surface area contributed by atoms with Crippen molar-refractivity contribution in [2.24, 2.45) is 11.8 Å². The SMILES string of the molecule is CC(C)CC(=O)NCc1cn(CCOCCOCCOCCNC(=O)C(C)C)nn1. The molecule has 0 aromatic carbocycles. The fraction of sp³-hybridized carbons (Fsp3) is 0.800. The van der Waals surface area contributed by atoms with Gasteiger partial charge in [-0.3, -0.25) is 9.59 Å². The van der Waals surface area contributed by atoms with E-state index in [1.54, 1.807) is 10.9 Å². The van der Waals surface area contributed by atoms with E-state index in [1.807, 2.05) is 27.7 Å². The molecule has 0 aliphatic heterocycles. The Morgan fingerprint density at radius 3 is 2.23 bits per heavy atom. The van der Waals surface area contributed by atoms with Crippen LogP contribution in [0.1, 0.15) is 39.8 Å². The molecule has 0 saturated carbocycles. The lowest BCUT2D eigenvalue weighted by molar-refractivity contribution is -0.124. The van der Waals surface area contributed by atoms with Crippen LogP contribution in [0.15, 0.2) is 6.20 Å². The van der Waals surface area contributed by atoms with Crippen LogP contribution in [0.5, 0.6) is 0 Å².